The SMILES string of the molecule is COC(=O)c1cc(CN2CC[C@@]3(CCCN(C)C3=O)C2)ccc1O. The number of rotatable bonds is 3. The van der Waals surface area contributed by atoms with Crippen LogP contribution in [0.4, 0.5) is 0 Å². The van der Waals surface area contributed by atoms with Gasteiger partial charge < -0.3 is 14.7 Å². The van der Waals surface area contributed by atoms with Crippen molar-refractivity contribution >= 4 is 11.9 Å². The lowest BCUT2D eigenvalue weighted by molar-refractivity contribution is -0.143. The fourth-order valence-electron chi connectivity index (χ4n) is 3.95. The second kappa shape index (κ2) is 6.43. The Hall–Kier alpha value is -2.08. The van der Waals surface area contributed by atoms with E-state index >= 15 is 0 Å². The van der Waals surface area contributed by atoms with Crippen molar-refractivity contribution in [3.05, 3.63) is 29.3 Å². The first-order chi connectivity index (χ1) is 11.4. The van der Waals surface area contributed by atoms with Crippen LogP contribution in [0.5, 0.6) is 5.75 Å². The average molecular weight is 332 g/mol. The van der Waals surface area contributed by atoms with Gasteiger partial charge in [0.25, 0.3) is 0 Å². The van der Waals surface area contributed by atoms with E-state index < -0.39 is 5.97 Å². The van der Waals surface area contributed by atoms with E-state index in [1.165, 1.54) is 13.2 Å². The van der Waals surface area contributed by atoms with Gasteiger partial charge in [0.1, 0.15) is 11.3 Å². The molecule has 2 aliphatic rings. The first kappa shape index (κ1) is 16.8. The fraction of sp³-hybridized carbons (Fsp3) is 0.556. The van der Waals surface area contributed by atoms with Crippen molar-refractivity contribution in [1.29, 1.82) is 0 Å². The van der Waals surface area contributed by atoms with Crippen LogP contribution in [0.2, 0.25) is 0 Å². The number of carbonyl (C=O) groups is 2. The molecule has 2 heterocycles. The minimum Gasteiger partial charge on any atom is -0.507 e. The first-order valence-corrected chi connectivity index (χ1v) is 8.33. The van der Waals surface area contributed by atoms with Crippen molar-refractivity contribution in [1.82, 2.24) is 9.80 Å². The summed E-state index contributed by atoms with van der Waals surface area (Å²) >= 11 is 0. The highest BCUT2D eigenvalue weighted by Gasteiger charge is 2.47. The summed E-state index contributed by atoms with van der Waals surface area (Å²) in [4.78, 5) is 28.4. The fourth-order valence-corrected chi connectivity index (χ4v) is 3.95. The summed E-state index contributed by atoms with van der Waals surface area (Å²) in [6.07, 6.45) is 2.90. The Kier molecular flexibility index (Phi) is 4.49. The Morgan fingerprint density at radius 1 is 1.33 bits per heavy atom. The highest BCUT2D eigenvalue weighted by atomic mass is 16.5. The molecular weight excluding hydrogens is 308 g/mol. The van der Waals surface area contributed by atoms with Crippen LogP contribution in [0.3, 0.4) is 0 Å². The molecule has 2 aliphatic heterocycles. The maximum Gasteiger partial charge on any atom is 0.341 e. The van der Waals surface area contributed by atoms with Gasteiger partial charge in [-0.1, -0.05) is 6.07 Å². The molecular formula is C18H24N2O4. The van der Waals surface area contributed by atoms with Gasteiger partial charge in [-0.2, -0.15) is 0 Å². The monoisotopic (exact) mass is 332 g/mol. The van der Waals surface area contributed by atoms with Crippen molar-refractivity contribution in [2.24, 2.45) is 5.41 Å². The Morgan fingerprint density at radius 3 is 2.88 bits per heavy atom. The summed E-state index contributed by atoms with van der Waals surface area (Å²) in [5.74, 6) is -0.360. The van der Waals surface area contributed by atoms with E-state index in [2.05, 4.69) is 4.90 Å². The lowest BCUT2D eigenvalue weighted by Gasteiger charge is -2.37. The Morgan fingerprint density at radius 2 is 2.12 bits per heavy atom. The van der Waals surface area contributed by atoms with Crippen molar-refractivity contribution in [2.45, 2.75) is 25.8 Å². The molecule has 2 saturated heterocycles. The van der Waals surface area contributed by atoms with Gasteiger partial charge in [0.2, 0.25) is 5.91 Å². The van der Waals surface area contributed by atoms with Crippen LogP contribution >= 0.6 is 0 Å². The zero-order chi connectivity index (χ0) is 17.3. The van der Waals surface area contributed by atoms with Crippen LogP contribution in [-0.2, 0) is 16.1 Å². The number of ether oxygens (including phenoxy) is 1. The summed E-state index contributed by atoms with van der Waals surface area (Å²) in [5.41, 5.74) is 0.869. The molecule has 6 heteroatoms. The topological polar surface area (TPSA) is 70.1 Å². The third kappa shape index (κ3) is 2.98. The molecule has 1 spiro atoms. The number of nitrogens with zero attached hydrogens (tertiary/aromatic N) is 2. The number of piperidine rings is 1. The minimum absolute atomic E-state index is 0.0763. The van der Waals surface area contributed by atoms with Crippen LogP contribution in [0, 0.1) is 5.41 Å². The smallest absolute Gasteiger partial charge is 0.341 e. The van der Waals surface area contributed by atoms with E-state index in [0.717, 1.165) is 44.5 Å². The highest BCUT2D eigenvalue weighted by Crippen LogP contribution is 2.40. The summed E-state index contributed by atoms with van der Waals surface area (Å²) in [6, 6.07) is 5.00. The van der Waals surface area contributed by atoms with Gasteiger partial charge in [0, 0.05) is 26.7 Å². The molecule has 0 aromatic heterocycles. The van der Waals surface area contributed by atoms with E-state index in [1.807, 2.05) is 18.0 Å². The Bertz CT molecular complexity index is 660. The molecule has 0 saturated carbocycles. The molecule has 2 fully saturated rings. The van der Waals surface area contributed by atoms with Crippen LogP contribution in [0.25, 0.3) is 0 Å². The molecule has 0 aliphatic carbocycles. The van der Waals surface area contributed by atoms with Gasteiger partial charge in [-0.15, -0.1) is 0 Å². The molecule has 6 nitrogen and oxygen atoms in total. The second-order valence-corrected chi connectivity index (χ2v) is 6.91. The Balaban J connectivity index is 1.72. The predicted molar refractivity (Wildman–Crippen MR) is 88.6 cm³/mol. The van der Waals surface area contributed by atoms with Gasteiger partial charge in [0.15, 0.2) is 0 Å². The van der Waals surface area contributed by atoms with E-state index in [0.29, 0.717) is 6.54 Å². The standard InChI is InChI=1S/C18H24N2O4/c1-19-8-3-6-18(17(19)23)7-9-20(12-18)11-13-4-5-15(21)14(10-13)16(22)24-2/h4-5,10,21H,3,6-9,11-12H2,1-2H3/t18-/m0/s1. The quantitative estimate of drug-likeness (QED) is 0.852. The molecule has 1 aromatic carbocycles. The average Bonchev–Trinajstić information content (AvgIpc) is 2.97. The zero-order valence-corrected chi connectivity index (χ0v) is 14.2. The van der Waals surface area contributed by atoms with Crippen LogP contribution in [0.15, 0.2) is 18.2 Å². The van der Waals surface area contributed by atoms with Crippen LogP contribution in [-0.4, -0.2) is 60.6 Å². The van der Waals surface area contributed by atoms with Gasteiger partial charge in [-0.3, -0.25) is 9.69 Å². The summed E-state index contributed by atoms with van der Waals surface area (Å²) in [6.45, 7) is 3.13. The predicted octanol–water partition coefficient (Wildman–Crippen LogP) is 1.62. The number of phenolic OH excluding ortho intramolecular Hbond substituents is 1. The van der Waals surface area contributed by atoms with E-state index in [1.54, 1.807) is 6.07 Å². The first-order valence-electron chi connectivity index (χ1n) is 8.33. The largest absolute Gasteiger partial charge is 0.507 e. The molecule has 1 amide bonds. The van der Waals surface area contributed by atoms with E-state index in [9.17, 15) is 14.7 Å². The lowest BCUT2D eigenvalue weighted by atomic mass is 9.78. The number of carbonyl (C=O) groups excluding carboxylic acids is 2. The molecule has 0 unspecified atom stereocenters. The lowest BCUT2D eigenvalue weighted by Crippen LogP contribution is -2.48. The highest BCUT2D eigenvalue weighted by molar-refractivity contribution is 5.92. The van der Waals surface area contributed by atoms with Crippen molar-refractivity contribution < 1.29 is 19.4 Å². The molecule has 3 rings (SSSR count). The number of benzene rings is 1. The number of phenols is 1. The number of hydrogen-bond acceptors (Lipinski definition) is 5. The third-order valence-corrected chi connectivity index (χ3v) is 5.25. The number of methoxy groups -OCH3 is 1. The molecule has 0 bridgehead atoms. The van der Waals surface area contributed by atoms with Crippen LogP contribution < -0.4 is 0 Å². The number of esters is 1. The second-order valence-electron chi connectivity index (χ2n) is 6.91. The maximum atomic E-state index is 12.6. The summed E-state index contributed by atoms with van der Waals surface area (Å²) in [5, 5.41) is 9.80. The Labute approximate surface area is 142 Å². The molecule has 24 heavy (non-hydrogen) atoms. The minimum atomic E-state index is -0.545. The van der Waals surface area contributed by atoms with Crippen molar-refractivity contribution in [2.75, 3.05) is 33.8 Å². The van der Waals surface area contributed by atoms with Gasteiger partial charge in [-0.25, -0.2) is 4.79 Å². The molecule has 0 radical (unpaired) electrons. The maximum absolute atomic E-state index is 12.6. The van der Waals surface area contributed by atoms with Crippen LogP contribution in [0.1, 0.15) is 35.2 Å². The normalized spacial score (nSPS) is 24.6. The van der Waals surface area contributed by atoms with Crippen molar-refractivity contribution in [3.8, 4) is 5.75 Å². The summed E-state index contributed by atoms with van der Waals surface area (Å²) in [7, 11) is 3.18. The number of hydrogen-bond donors (Lipinski definition) is 1. The van der Waals surface area contributed by atoms with Crippen molar-refractivity contribution in [3.63, 3.8) is 0 Å². The summed E-state index contributed by atoms with van der Waals surface area (Å²) < 4.78 is 4.70. The number of likely N-dealkylation sites (tertiary alicyclic amines) is 2. The van der Waals surface area contributed by atoms with Gasteiger partial charge in [-0.05, 0) is 43.5 Å². The third-order valence-electron chi connectivity index (χ3n) is 5.25. The zero-order valence-electron chi connectivity index (χ0n) is 14.2. The van der Waals surface area contributed by atoms with Gasteiger partial charge in [0.05, 0.1) is 12.5 Å². The number of amides is 1. The van der Waals surface area contributed by atoms with Gasteiger partial charge >= 0.3 is 5.97 Å². The van der Waals surface area contributed by atoms with E-state index in [-0.39, 0.29) is 22.6 Å². The molecule has 1 atom stereocenters. The van der Waals surface area contributed by atoms with E-state index in [4.69, 9.17) is 4.74 Å². The number of aromatic hydroxyl groups is 1. The molecule has 1 N–H and O–H groups in total. The molecule has 130 valence electrons. The molecule has 1 aromatic rings.